The maximum Gasteiger partial charge on any atom is 0.225 e. The Kier molecular flexibility index (Phi) is 6.04. The van der Waals surface area contributed by atoms with Gasteiger partial charge in [0.2, 0.25) is 5.91 Å². The third-order valence-corrected chi connectivity index (χ3v) is 4.15. The lowest BCUT2D eigenvalue weighted by atomic mass is 10.1. The second-order valence-corrected chi connectivity index (χ2v) is 6.21. The molecule has 1 amide bonds. The van der Waals surface area contributed by atoms with Gasteiger partial charge in [0, 0.05) is 26.7 Å². The van der Waals surface area contributed by atoms with Crippen molar-refractivity contribution in [2.45, 2.75) is 19.1 Å². The molecule has 3 rings (SSSR count). The molecule has 5 nitrogen and oxygen atoms in total. The number of para-hydroxylation sites is 1. The van der Waals surface area contributed by atoms with Gasteiger partial charge in [-0.1, -0.05) is 30.3 Å². The number of nitrogens with zero attached hydrogens (tertiary/aromatic N) is 1. The molecule has 1 aliphatic heterocycles. The molecule has 132 valence electrons. The Hall–Kier alpha value is -2.37. The van der Waals surface area contributed by atoms with E-state index in [2.05, 4.69) is 5.32 Å². The average molecular weight is 340 g/mol. The van der Waals surface area contributed by atoms with Crippen LogP contribution in [0.5, 0.6) is 11.5 Å². The summed E-state index contributed by atoms with van der Waals surface area (Å²) in [6.45, 7) is 2.85. The molecule has 0 bridgehead atoms. The van der Waals surface area contributed by atoms with Crippen molar-refractivity contribution in [3.8, 4) is 11.5 Å². The van der Waals surface area contributed by atoms with Crippen molar-refractivity contribution >= 4 is 5.91 Å². The molecule has 0 spiro atoms. The standard InChI is InChI=1S/C20H24N2O3/c1-22(20(23)13-19-14-21-11-12-24-19)15-16-7-9-18(10-8-16)25-17-5-3-2-4-6-17/h2-10,19,21H,11-15H2,1H3. The summed E-state index contributed by atoms with van der Waals surface area (Å²) in [6, 6.07) is 17.5. The second kappa shape index (κ2) is 8.65. The fourth-order valence-corrected chi connectivity index (χ4v) is 2.75. The molecule has 1 unspecified atom stereocenters. The van der Waals surface area contributed by atoms with E-state index in [4.69, 9.17) is 9.47 Å². The van der Waals surface area contributed by atoms with Crippen LogP contribution in [0.15, 0.2) is 54.6 Å². The zero-order chi connectivity index (χ0) is 17.5. The summed E-state index contributed by atoms with van der Waals surface area (Å²) in [7, 11) is 1.83. The molecule has 1 aliphatic rings. The lowest BCUT2D eigenvalue weighted by molar-refractivity contribution is -0.133. The highest BCUT2D eigenvalue weighted by molar-refractivity contribution is 5.76. The van der Waals surface area contributed by atoms with Crippen LogP contribution in [0, 0.1) is 0 Å². The maximum absolute atomic E-state index is 12.3. The number of carbonyl (C=O) groups excluding carboxylic acids is 1. The third kappa shape index (κ3) is 5.31. The van der Waals surface area contributed by atoms with Gasteiger partial charge < -0.3 is 19.7 Å². The highest BCUT2D eigenvalue weighted by Gasteiger charge is 2.19. The number of rotatable bonds is 6. The van der Waals surface area contributed by atoms with Crippen molar-refractivity contribution in [3.05, 3.63) is 60.2 Å². The Morgan fingerprint density at radius 3 is 2.56 bits per heavy atom. The molecule has 2 aromatic rings. The zero-order valence-electron chi connectivity index (χ0n) is 14.5. The third-order valence-electron chi connectivity index (χ3n) is 4.15. The van der Waals surface area contributed by atoms with Crippen molar-refractivity contribution in [3.63, 3.8) is 0 Å². The summed E-state index contributed by atoms with van der Waals surface area (Å²) in [5, 5.41) is 3.25. The SMILES string of the molecule is CN(Cc1ccc(Oc2ccccc2)cc1)C(=O)CC1CNCCO1. The number of carbonyl (C=O) groups is 1. The van der Waals surface area contributed by atoms with Crippen LogP contribution in [0.25, 0.3) is 0 Å². The first-order valence-corrected chi connectivity index (χ1v) is 8.59. The van der Waals surface area contributed by atoms with E-state index < -0.39 is 0 Å². The molecule has 1 fully saturated rings. The van der Waals surface area contributed by atoms with E-state index in [1.165, 1.54) is 0 Å². The van der Waals surface area contributed by atoms with Crippen LogP contribution in [0.1, 0.15) is 12.0 Å². The average Bonchev–Trinajstić information content (AvgIpc) is 2.65. The van der Waals surface area contributed by atoms with Gasteiger partial charge in [-0.15, -0.1) is 0 Å². The summed E-state index contributed by atoms with van der Waals surface area (Å²) in [5.74, 6) is 1.69. The first-order valence-electron chi connectivity index (χ1n) is 8.59. The first-order chi connectivity index (χ1) is 12.2. The lowest BCUT2D eigenvalue weighted by Gasteiger charge is -2.25. The van der Waals surface area contributed by atoms with Gasteiger partial charge in [0.1, 0.15) is 11.5 Å². The summed E-state index contributed by atoms with van der Waals surface area (Å²) in [4.78, 5) is 14.1. The highest BCUT2D eigenvalue weighted by atomic mass is 16.5. The smallest absolute Gasteiger partial charge is 0.225 e. The predicted octanol–water partition coefficient (Wildman–Crippen LogP) is 2.82. The zero-order valence-corrected chi connectivity index (χ0v) is 14.5. The van der Waals surface area contributed by atoms with E-state index in [0.29, 0.717) is 19.6 Å². The molecule has 1 atom stereocenters. The van der Waals surface area contributed by atoms with Gasteiger partial charge in [-0.3, -0.25) is 4.79 Å². The fraction of sp³-hybridized carbons (Fsp3) is 0.350. The minimum atomic E-state index is -0.0228. The van der Waals surface area contributed by atoms with E-state index in [1.54, 1.807) is 4.90 Å². The number of nitrogens with one attached hydrogen (secondary N) is 1. The molecular weight excluding hydrogens is 316 g/mol. The number of hydrogen-bond donors (Lipinski definition) is 1. The van der Waals surface area contributed by atoms with Gasteiger partial charge in [0.15, 0.2) is 0 Å². The van der Waals surface area contributed by atoms with Crippen molar-refractivity contribution in [1.82, 2.24) is 10.2 Å². The first kappa shape index (κ1) is 17.5. The van der Waals surface area contributed by atoms with Gasteiger partial charge in [-0.2, -0.15) is 0 Å². The summed E-state index contributed by atoms with van der Waals surface area (Å²) in [5.41, 5.74) is 1.07. The van der Waals surface area contributed by atoms with Gasteiger partial charge in [-0.05, 0) is 29.8 Å². The summed E-state index contributed by atoms with van der Waals surface area (Å²) >= 11 is 0. The van der Waals surface area contributed by atoms with E-state index >= 15 is 0 Å². The molecular formula is C20H24N2O3. The summed E-state index contributed by atoms with van der Waals surface area (Å²) in [6.07, 6.45) is 0.393. The summed E-state index contributed by atoms with van der Waals surface area (Å²) < 4.78 is 11.4. The number of amides is 1. The second-order valence-electron chi connectivity index (χ2n) is 6.21. The van der Waals surface area contributed by atoms with Crippen LogP contribution >= 0.6 is 0 Å². The van der Waals surface area contributed by atoms with E-state index in [0.717, 1.165) is 30.2 Å². The molecule has 1 N–H and O–H groups in total. The number of ether oxygens (including phenoxy) is 2. The quantitative estimate of drug-likeness (QED) is 0.878. The molecule has 2 aromatic carbocycles. The number of morpholine rings is 1. The topological polar surface area (TPSA) is 50.8 Å². The van der Waals surface area contributed by atoms with Crippen LogP contribution < -0.4 is 10.1 Å². The normalized spacial score (nSPS) is 17.1. The minimum absolute atomic E-state index is 0.0228. The molecule has 0 radical (unpaired) electrons. The molecule has 0 saturated carbocycles. The van der Waals surface area contributed by atoms with E-state index in [9.17, 15) is 4.79 Å². The Labute approximate surface area is 148 Å². The van der Waals surface area contributed by atoms with Crippen molar-refractivity contribution in [2.24, 2.45) is 0 Å². The van der Waals surface area contributed by atoms with E-state index in [1.807, 2.05) is 61.6 Å². The van der Waals surface area contributed by atoms with Gasteiger partial charge in [0.05, 0.1) is 19.1 Å². The molecule has 1 heterocycles. The number of benzene rings is 2. The Morgan fingerprint density at radius 2 is 1.88 bits per heavy atom. The van der Waals surface area contributed by atoms with Crippen molar-refractivity contribution in [2.75, 3.05) is 26.7 Å². The monoisotopic (exact) mass is 340 g/mol. The minimum Gasteiger partial charge on any atom is -0.457 e. The molecule has 0 aliphatic carbocycles. The predicted molar refractivity (Wildman–Crippen MR) is 96.7 cm³/mol. The molecule has 0 aromatic heterocycles. The molecule has 5 heteroatoms. The van der Waals surface area contributed by atoms with Gasteiger partial charge >= 0.3 is 0 Å². The molecule has 25 heavy (non-hydrogen) atoms. The fourth-order valence-electron chi connectivity index (χ4n) is 2.75. The van der Waals surface area contributed by atoms with Crippen LogP contribution in [0.4, 0.5) is 0 Å². The highest BCUT2D eigenvalue weighted by Crippen LogP contribution is 2.21. The van der Waals surface area contributed by atoms with Crippen LogP contribution in [0.2, 0.25) is 0 Å². The van der Waals surface area contributed by atoms with Crippen LogP contribution in [-0.4, -0.2) is 43.7 Å². The molecule has 1 saturated heterocycles. The van der Waals surface area contributed by atoms with E-state index in [-0.39, 0.29) is 12.0 Å². The Morgan fingerprint density at radius 1 is 1.16 bits per heavy atom. The number of hydrogen-bond acceptors (Lipinski definition) is 4. The Balaban J connectivity index is 1.50. The Bertz CT molecular complexity index is 667. The van der Waals surface area contributed by atoms with Crippen molar-refractivity contribution < 1.29 is 14.3 Å². The maximum atomic E-state index is 12.3. The van der Waals surface area contributed by atoms with Crippen LogP contribution in [-0.2, 0) is 16.1 Å². The largest absolute Gasteiger partial charge is 0.457 e. The van der Waals surface area contributed by atoms with Crippen molar-refractivity contribution in [1.29, 1.82) is 0 Å². The lowest BCUT2D eigenvalue weighted by Crippen LogP contribution is -2.41. The van der Waals surface area contributed by atoms with Gasteiger partial charge in [0.25, 0.3) is 0 Å². The van der Waals surface area contributed by atoms with Gasteiger partial charge in [-0.25, -0.2) is 0 Å². The van der Waals surface area contributed by atoms with Crippen LogP contribution in [0.3, 0.4) is 0 Å².